The van der Waals surface area contributed by atoms with Crippen molar-refractivity contribution in [2.75, 3.05) is 12.8 Å². The van der Waals surface area contributed by atoms with Gasteiger partial charge in [-0.25, -0.2) is 19.4 Å². The summed E-state index contributed by atoms with van der Waals surface area (Å²) < 4.78 is 1.68. The van der Waals surface area contributed by atoms with Gasteiger partial charge in [-0.2, -0.15) is 0 Å². The van der Waals surface area contributed by atoms with E-state index in [1.165, 1.54) is 25.1 Å². The number of carbonyl (C=O) groups excluding carboxylic acids is 2. The van der Waals surface area contributed by atoms with Gasteiger partial charge >= 0.3 is 6.03 Å². The van der Waals surface area contributed by atoms with Crippen LogP contribution in [0.2, 0.25) is 0 Å². The van der Waals surface area contributed by atoms with Crippen LogP contribution in [0.1, 0.15) is 5.56 Å². The molecule has 10 heteroatoms. The Kier molecular flexibility index (Phi) is 5.19. The van der Waals surface area contributed by atoms with E-state index in [9.17, 15) is 9.59 Å². The topological polar surface area (TPSA) is 115 Å². The van der Waals surface area contributed by atoms with Crippen molar-refractivity contribution in [3.8, 4) is 0 Å². The molecule has 0 unspecified atom stereocenters. The van der Waals surface area contributed by atoms with Crippen molar-refractivity contribution in [3.63, 3.8) is 0 Å². The largest absolute Gasteiger partial charge is 0.341 e. The predicted octanol–water partition coefficient (Wildman–Crippen LogP) is 0.817. The number of aromatic nitrogens is 5. The summed E-state index contributed by atoms with van der Waals surface area (Å²) in [6.07, 6.45) is 1.41. The quantitative estimate of drug-likeness (QED) is 0.513. The van der Waals surface area contributed by atoms with Crippen molar-refractivity contribution in [1.82, 2.24) is 35.6 Å². The van der Waals surface area contributed by atoms with Gasteiger partial charge in [0.2, 0.25) is 5.91 Å². The number of rotatable bonds is 5. The van der Waals surface area contributed by atoms with Gasteiger partial charge in [0.1, 0.15) is 11.4 Å². The minimum Gasteiger partial charge on any atom is -0.341 e. The van der Waals surface area contributed by atoms with E-state index < -0.39 is 11.9 Å². The summed E-state index contributed by atoms with van der Waals surface area (Å²) in [5, 5.41) is 13.3. The summed E-state index contributed by atoms with van der Waals surface area (Å²) in [6, 6.07) is 9.29. The van der Waals surface area contributed by atoms with E-state index in [1.807, 2.05) is 30.3 Å². The minimum atomic E-state index is -0.549. The number of amides is 3. The third-order valence-electron chi connectivity index (χ3n) is 3.26. The van der Waals surface area contributed by atoms with Crippen molar-refractivity contribution >= 4 is 34.9 Å². The van der Waals surface area contributed by atoms with Gasteiger partial charge in [0.25, 0.3) is 0 Å². The second-order valence-electron chi connectivity index (χ2n) is 5.00. The first-order chi connectivity index (χ1) is 12.2. The monoisotopic (exact) mass is 357 g/mol. The zero-order valence-electron chi connectivity index (χ0n) is 13.3. The van der Waals surface area contributed by atoms with Crippen LogP contribution >= 0.6 is 11.8 Å². The molecule has 0 aliphatic rings. The molecule has 0 saturated carbocycles. The second kappa shape index (κ2) is 7.71. The third-order valence-corrected chi connectivity index (χ3v) is 4.24. The number of fused-ring (bicyclic) bond motifs is 1. The van der Waals surface area contributed by atoms with Crippen LogP contribution in [-0.4, -0.2) is 49.7 Å². The van der Waals surface area contributed by atoms with E-state index in [0.29, 0.717) is 22.7 Å². The first-order valence-electron chi connectivity index (χ1n) is 7.40. The number of urea groups is 1. The van der Waals surface area contributed by atoms with Crippen molar-refractivity contribution in [3.05, 3.63) is 42.2 Å². The number of thioether (sulfide) groups is 1. The molecule has 1 aromatic carbocycles. The number of benzene rings is 1. The van der Waals surface area contributed by atoms with Crippen molar-refractivity contribution in [2.45, 2.75) is 11.6 Å². The highest BCUT2D eigenvalue weighted by Crippen LogP contribution is 2.22. The normalized spacial score (nSPS) is 10.6. The molecule has 25 heavy (non-hydrogen) atoms. The average molecular weight is 357 g/mol. The summed E-state index contributed by atoms with van der Waals surface area (Å²) >= 11 is 1.17. The number of imide groups is 1. The SMILES string of the molecule is CNC(=O)NC(=O)CSc1ncnc2c1nnn2Cc1ccccc1. The van der Waals surface area contributed by atoms with E-state index in [4.69, 9.17) is 0 Å². The smallest absolute Gasteiger partial charge is 0.321 e. The fourth-order valence-electron chi connectivity index (χ4n) is 2.10. The molecule has 3 rings (SSSR count). The lowest BCUT2D eigenvalue weighted by atomic mass is 10.2. The van der Waals surface area contributed by atoms with Gasteiger partial charge in [0.15, 0.2) is 11.2 Å². The highest BCUT2D eigenvalue weighted by molar-refractivity contribution is 8.00. The molecule has 0 fully saturated rings. The third kappa shape index (κ3) is 4.10. The Morgan fingerprint density at radius 2 is 2.00 bits per heavy atom. The maximum atomic E-state index is 11.7. The van der Waals surface area contributed by atoms with E-state index >= 15 is 0 Å². The lowest BCUT2D eigenvalue weighted by Crippen LogP contribution is -2.38. The number of nitrogens with zero attached hydrogens (tertiary/aromatic N) is 5. The summed E-state index contributed by atoms with van der Waals surface area (Å²) in [7, 11) is 1.44. The highest BCUT2D eigenvalue weighted by Gasteiger charge is 2.14. The summed E-state index contributed by atoms with van der Waals surface area (Å²) in [4.78, 5) is 31.2. The Labute approximate surface area is 147 Å². The standard InChI is InChI=1S/C15H15N7O2S/c1-16-15(24)19-11(23)8-25-14-12-13(17-9-18-14)22(21-20-12)7-10-5-3-2-4-6-10/h2-6,9H,7-8H2,1H3,(H2,16,19,23,24). The number of hydrogen-bond acceptors (Lipinski definition) is 7. The molecule has 3 amide bonds. The van der Waals surface area contributed by atoms with Gasteiger partial charge in [-0.3, -0.25) is 10.1 Å². The van der Waals surface area contributed by atoms with Crippen LogP contribution in [0, 0.1) is 0 Å². The molecule has 2 N–H and O–H groups in total. The Balaban J connectivity index is 1.75. The molecule has 0 bridgehead atoms. The van der Waals surface area contributed by atoms with Gasteiger partial charge in [0, 0.05) is 7.05 Å². The van der Waals surface area contributed by atoms with Crippen molar-refractivity contribution in [1.29, 1.82) is 0 Å². The molecule has 0 atom stereocenters. The number of carbonyl (C=O) groups is 2. The molecule has 0 radical (unpaired) electrons. The molecule has 9 nitrogen and oxygen atoms in total. The fraction of sp³-hybridized carbons (Fsp3) is 0.200. The lowest BCUT2D eigenvalue weighted by Gasteiger charge is -2.04. The Morgan fingerprint density at radius 1 is 1.20 bits per heavy atom. The van der Waals surface area contributed by atoms with Crippen LogP contribution in [-0.2, 0) is 11.3 Å². The summed E-state index contributed by atoms with van der Waals surface area (Å²) in [5.74, 6) is -0.391. The van der Waals surface area contributed by atoms with Crippen molar-refractivity contribution in [2.24, 2.45) is 0 Å². The Morgan fingerprint density at radius 3 is 2.76 bits per heavy atom. The summed E-state index contributed by atoms with van der Waals surface area (Å²) in [6.45, 7) is 0.537. The van der Waals surface area contributed by atoms with E-state index in [-0.39, 0.29) is 5.75 Å². The minimum absolute atomic E-state index is 0.0328. The van der Waals surface area contributed by atoms with Crippen molar-refractivity contribution < 1.29 is 9.59 Å². The van der Waals surface area contributed by atoms with Gasteiger partial charge in [-0.15, -0.1) is 5.10 Å². The second-order valence-corrected chi connectivity index (χ2v) is 5.96. The average Bonchev–Trinajstić information content (AvgIpc) is 3.04. The molecule has 0 spiro atoms. The Bertz CT molecular complexity index is 897. The first kappa shape index (κ1) is 16.8. The number of nitrogens with one attached hydrogen (secondary N) is 2. The zero-order valence-corrected chi connectivity index (χ0v) is 14.2. The molecule has 3 aromatic rings. The van der Waals surface area contributed by atoms with Crippen LogP contribution in [0.5, 0.6) is 0 Å². The van der Waals surface area contributed by atoms with E-state index in [0.717, 1.165) is 5.56 Å². The lowest BCUT2D eigenvalue weighted by molar-refractivity contribution is -0.117. The maximum absolute atomic E-state index is 11.7. The molecular formula is C15H15N7O2S. The molecule has 2 aromatic heterocycles. The Hall–Kier alpha value is -3.01. The fourth-order valence-corrected chi connectivity index (χ4v) is 2.83. The number of hydrogen-bond donors (Lipinski definition) is 2. The first-order valence-corrected chi connectivity index (χ1v) is 8.38. The molecule has 0 aliphatic carbocycles. The molecular weight excluding hydrogens is 342 g/mol. The van der Waals surface area contributed by atoms with Crippen LogP contribution < -0.4 is 10.6 Å². The molecule has 0 aliphatic heterocycles. The van der Waals surface area contributed by atoms with Gasteiger partial charge < -0.3 is 5.32 Å². The molecule has 0 saturated heterocycles. The molecule has 128 valence electrons. The van der Waals surface area contributed by atoms with Gasteiger partial charge in [-0.1, -0.05) is 47.3 Å². The van der Waals surface area contributed by atoms with Crippen LogP contribution in [0.25, 0.3) is 11.2 Å². The predicted molar refractivity (Wildman–Crippen MR) is 92.0 cm³/mol. The summed E-state index contributed by atoms with van der Waals surface area (Å²) in [5.41, 5.74) is 2.19. The maximum Gasteiger partial charge on any atom is 0.321 e. The van der Waals surface area contributed by atoms with Crippen LogP contribution in [0.3, 0.4) is 0 Å². The van der Waals surface area contributed by atoms with Crippen LogP contribution in [0.4, 0.5) is 4.79 Å². The van der Waals surface area contributed by atoms with Crippen LogP contribution in [0.15, 0.2) is 41.7 Å². The molecule has 2 heterocycles. The van der Waals surface area contributed by atoms with E-state index in [2.05, 4.69) is 30.9 Å². The van der Waals surface area contributed by atoms with Gasteiger partial charge in [-0.05, 0) is 5.56 Å². The van der Waals surface area contributed by atoms with E-state index in [1.54, 1.807) is 4.68 Å². The van der Waals surface area contributed by atoms with Gasteiger partial charge in [0.05, 0.1) is 12.3 Å². The highest BCUT2D eigenvalue weighted by atomic mass is 32.2. The zero-order chi connectivity index (χ0) is 17.6.